The minimum Gasteiger partial charge on any atom is -0.273 e. The molecule has 0 aromatic heterocycles. The van der Waals surface area contributed by atoms with Gasteiger partial charge in [0.15, 0.2) is 6.10 Å². The summed E-state index contributed by atoms with van der Waals surface area (Å²) in [5, 5.41) is 12.8. The lowest BCUT2D eigenvalue weighted by Gasteiger charge is -2.28. The van der Waals surface area contributed by atoms with E-state index < -0.39 is 28.9 Å². The van der Waals surface area contributed by atoms with E-state index in [0.29, 0.717) is 11.4 Å². The zero-order valence-corrected chi connectivity index (χ0v) is 18.0. The van der Waals surface area contributed by atoms with Crippen molar-refractivity contribution in [2.45, 2.75) is 26.0 Å². The first kappa shape index (κ1) is 20.8. The predicted octanol–water partition coefficient (Wildman–Crippen LogP) is 4.26. The number of imide groups is 1. The summed E-state index contributed by atoms with van der Waals surface area (Å²) < 4.78 is 0. The number of carbonyl (C=O) groups excluding carboxylic acids is 2. The molecule has 0 aliphatic carbocycles. The quantitative estimate of drug-likeness (QED) is 0.340. The first-order valence-corrected chi connectivity index (χ1v) is 10.6. The highest BCUT2D eigenvalue weighted by molar-refractivity contribution is 6.24. The molecular weight excluding hydrogens is 422 g/mol. The van der Waals surface area contributed by atoms with E-state index >= 15 is 0 Å². The van der Waals surface area contributed by atoms with Gasteiger partial charge in [-0.25, -0.2) is 9.96 Å². The van der Waals surface area contributed by atoms with Gasteiger partial charge in [0.25, 0.3) is 11.6 Å². The Morgan fingerprint density at radius 3 is 2.24 bits per heavy atom. The highest BCUT2D eigenvalue weighted by Gasteiger charge is 2.60. The van der Waals surface area contributed by atoms with E-state index in [4.69, 9.17) is 4.84 Å². The molecule has 3 aromatic carbocycles. The topological polar surface area (TPSA) is 93.0 Å². The molecule has 2 saturated heterocycles. The Bertz CT molecular complexity index is 1270. The maximum absolute atomic E-state index is 13.6. The van der Waals surface area contributed by atoms with E-state index in [2.05, 4.69) is 0 Å². The molecule has 0 radical (unpaired) electrons. The second-order valence-corrected chi connectivity index (χ2v) is 8.36. The molecule has 0 saturated carbocycles. The van der Waals surface area contributed by atoms with Crippen LogP contribution in [0.15, 0.2) is 72.8 Å². The average Bonchev–Trinajstić information content (AvgIpc) is 3.30. The Balaban J connectivity index is 1.60. The molecular formula is C25H21N3O5. The monoisotopic (exact) mass is 443 g/mol. The maximum atomic E-state index is 13.6. The maximum Gasteiger partial charge on any atom is 0.271 e. The fourth-order valence-electron chi connectivity index (χ4n) is 4.51. The Morgan fingerprint density at radius 2 is 1.55 bits per heavy atom. The molecule has 0 spiro atoms. The van der Waals surface area contributed by atoms with Gasteiger partial charge < -0.3 is 0 Å². The van der Waals surface area contributed by atoms with E-state index in [1.807, 2.05) is 44.2 Å². The number of aryl methyl sites for hydroxylation is 2. The van der Waals surface area contributed by atoms with E-state index in [-0.39, 0.29) is 11.6 Å². The van der Waals surface area contributed by atoms with Crippen LogP contribution in [-0.4, -0.2) is 22.8 Å². The van der Waals surface area contributed by atoms with Crippen LogP contribution in [0.4, 0.5) is 17.1 Å². The first-order chi connectivity index (χ1) is 15.8. The second kappa shape index (κ2) is 7.83. The number of rotatable bonds is 4. The van der Waals surface area contributed by atoms with Crippen molar-refractivity contribution in [1.29, 1.82) is 0 Å². The fraction of sp³-hybridized carbons (Fsp3) is 0.200. The number of fused-ring (bicyclic) bond motifs is 1. The molecule has 3 atom stereocenters. The summed E-state index contributed by atoms with van der Waals surface area (Å²) >= 11 is 0. The molecule has 0 bridgehead atoms. The van der Waals surface area contributed by atoms with Crippen LogP contribution in [0.2, 0.25) is 0 Å². The van der Waals surface area contributed by atoms with Gasteiger partial charge in [-0.1, -0.05) is 48.0 Å². The van der Waals surface area contributed by atoms with Crippen molar-refractivity contribution < 1.29 is 19.3 Å². The normalized spacial score (nSPS) is 22.1. The number of anilines is 2. The van der Waals surface area contributed by atoms with Gasteiger partial charge in [0.1, 0.15) is 5.92 Å². The van der Waals surface area contributed by atoms with Crippen LogP contribution in [0.3, 0.4) is 0 Å². The standard InChI is InChI=1S/C25H21N3O5/c1-15-9-11-17(12-10-15)22-21-23(33-27(22)19-7-4-8-20(14-19)28(31)32)25(30)26(24(21)29)18-6-3-5-16(2)13-18/h3-14,21-23H,1-2H3/t21-,22-,23-/m1/s1. The van der Waals surface area contributed by atoms with Crippen molar-refractivity contribution in [1.82, 2.24) is 0 Å². The third-order valence-corrected chi connectivity index (χ3v) is 6.09. The predicted molar refractivity (Wildman–Crippen MR) is 122 cm³/mol. The van der Waals surface area contributed by atoms with E-state index in [0.717, 1.165) is 16.7 Å². The zero-order valence-electron chi connectivity index (χ0n) is 18.0. The van der Waals surface area contributed by atoms with Crippen LogP contribution in [0.5, 0.6) is 0 Å². The van der Waals surface area contributed by atoms with Crippen LogP contribution in [0.1, 0.15) is 22.7 Å². The number of benzene rings is 3. The molecule has 2 aliphatic rings. The number of hydrogen-bond donors (Lipinski definition) is 0. The summed E-state index contributed by atoms with van der Waals surface area (Å²) in [6.45, 7) is 3.85. The molecule has 8 nitrogen and oxygen atoms in total. The molecule has 0 unspecified atom stereocenters. The SMILES string of the molecule is Cc1ccc([C@@H]2[C@H]3C(=O)N(c4cccc(C)c4)C(=O)[C@@H]3ON2c2cccc([N+](=O)[O-])c2)cc1. The van der Waals surface area contributed by atoms with E-state index in [9.17, 15) is 19.7 Å². The summed E-state index contributed by atoms with van der Waals surface area (Å²) in [4.78, 5) is 45.0. The Kier molecular flexibility index (Phi) is 4.94. The van der Waals surface area contributed by atoms with Crippen LogP contribution in [0.25, 0.3) is 0 Å². The van der Waals surface area contributed by atoms with Gasteiger partial charge in [0.05, 0.1) is 22.3 Å². The molecule has 0 N–H and O–H groups in total. The summed E-state index contributed by atoms with van der Waals surface area (Å²) in [5.41, 5.74) is 3.58. The third-order valence-electron chi connectivity index (χ3n) is 6.09. The fourth-order valence-corrected chi connectivity index (χ4v) is 4.51. The Labute approximate surface area is 190 Å². The third kappa shape index (κ3) is 3.44. The molecule has 2 amide bonds. The molecule has 33 heavy (non-hydrogen) atoms. The second-order valence-electron chi connectivity index (χ2n) is 8.36. The lowest BCUT2D eigenvalue weighted by Crippen LogP contribution is -2.37. The molecule has 3 aromatic rings. The van der Waals surface area contributed by atoms with Gasteiger partial charge in [-0.3, -0.25) is 24.5 Å². The number of hydroxylamine groups is 1. The van der Waals surface area contributed by atoms with Crippen molar-refractivity contribution in [2.75, 3.05) is 9.96 Å². The number of carbonyl (C=O) groups is 2. The van der Waals surface area contributed by atoms with E-state index in [1.165, 1.54) is 22.1 Å². The summed E-state index contributed by atoms with van der Waals surface area (Å²) in [5.74, 6) is -1.59. The van der Waals surface area contributed by atoms with Crippen molar-refractivity contribution in [3.05, 3.63) is 99.6 Å². The van der Waals surface area contributed by atoms with Crippen LogP contribution in [0, 0.1) is 29.9 Å². The molecule has 2 heterocycles. The smallest absolute Gasteiger partial charge is 0.271 e. The van der Waals surface area contributed by atoms with Crippen molar-refractivity contribution in [2.24, 2.45) is 5.92 Å². The summed E-state index contributed by atoms with van der Waals surface area (Å²) in [6, 6.07) is 20.2. The number of nitro groups is 1. The summed E-state index contributed by atoms with van der Waals surface area (Å²) in [6.07, 6.45) is -1.02. The average molecular weight is 443 g/mol. The van der Waals surface area contributed by atoms with Gasteiger partial charge in [0, 0.05) is 12.1 Å². The summed E-state index contributed by atoms with van der Waals surface area (Å²) in [7, 11) is 0. The number of hydrogen-bond acceptors (Lipinski definition) is 6. The van der Waals surface area contributed by atoms with Crippen LogP contribution < -0.4 is 9.96 Å². The molecule has 2 aliphatic heterocycles. The largest absolute Gasteiger partial charge is 0.273 e. The highest BCUT2D eigenvalue weighted by atomic mass is 16.7. The zero-order chi connectivity index (χ0) is 23.3. The first-order valence-electron chi connectivity index (χ1n) is 10.6. The number of amides is 2. The van der Waals surface area contributed by atoms with Crippen molar-refractivity contribution in [3.63, 3.8) is 0 Å². The molecule has 166 valence electrons. The van der Waals surface area contributed by atoms with Gasteiger partial charge in [-0.05, 0) is 43.2 Å². The van der Waals surface area contributed by atoms with E-state index in [1.54, 1.807) is 30.3 Å². The highest BCUT2D eigenvalue weighted by Crippen LogP contribution is 2.48. The number of nitrogens with zero attached hydrogens (tertiary/aromatic N) is 3. The van der Waals surface area contributed by atoms with Crippen LogP contribution in [-0.2, 0) is 14.4 Å². The molecule has 5 rings (SSSR count). The Morgan fingerprint density at radius 1 is 0.848 bits per heavy atom. The minimum atomic E-state index is -1.02. The van der Waals surface area contributed by atoms with Crippen LogP contribution >= 0.6 is 0 Å². The van der Waals surface area contributed by atoms with Gasteiger partial charge in [0.2, 0.25) is 5.91 Å². The molecule has 8 heteroatoms. The minimum absolute atomic E-state index is 0.102. The van der Waals surface area contributed by atoms with Gasteiger partial charge >= 0.3 is 0 Å². The number of nitro benzene ring substituents is 1. The molecule has 2 fully saturated rings. The lowest BCUT2D eigenvalue weighted by atomic mass is 9.90. The van der Waals surface area contributed by atoms with Gasteiger partial charge in [-0.2, -0.15) is 0 Å². The van der Waals surface area contributed by atoms with Crippen molar-refractivity contribution in [3.8, 4) is 0 Å². The lowest BCUT2D eigenvalue weighted by molar-refractivity contribution is -0.384. The Hall–Kier alpha value is -4.04. The number of non-ortho nitro benzene ring substituents is 1. The van der Waals surface area contributed by atoms with Gasteiger partial charge in [-0.15, -0.1) is 0 Å². The van der Waals surface area contributed by atoms with Crippen molar-refractivity contribution >= 4 is 28.9 Å².